The van der Waals surface area contributed by atoms with Gasteiger partial charge in [-0.2, -0.15) is 0 Å². The van der Waals surface area contributed by atoms with Crippen LogP contribution in [0.2, 0.25) is 0 Å². The molecule has 0 aliphatic carbocycles. The molecule has 0 radical (unpaired) electrons. The van der Waals surface area contributed by atoms with Crippen molar-refractivity contribution < 1.29 is 4.79 Å². The van der Waals surface area contributed by atoms with Gasteiger partial charge in [0.25, 0.3) is 0 Å². The quantitative estimate of drug-likeness (QED) is 0.246. The summed E-state index contributed by atoms with van der Waals surface area (Å²) in [4.78, 5) is 14.3. The minimum Gasteiger partial charge on any atom is -0.355 e. The minimum atomic E-state index is 0.168. The number of likely N-dealkylation sites (tertiary alicyclic amines) is 1. The normalized spacial score (nSPS) is 16.2. The van der Waals surface area contributed by atoms with Crippen LogP contribution in [0.5, 0.6) is 0 Å². The maximum atomic E-state index is 11.9. The summed E-state index contributed by atoms with van der Waals surface area (Å²) < 4.78 is 0. The zero-order chi connectivity index (χ0) is 23.0. The summed E-state index contributed by atoms with van der Waals surface area (Å²) in [7, 11) is 0. The Morgan fingerprint density at radius 1 is 0.688 bits per heavy atom. The molecular formula is C29H46N2O. The van der Waals surface area contributed by atoms with E-state index in [1.165, 1.54) is 32.4 Å². The van der Waals surface area contributed by atoms with Crippen LogP contribution in [0.4, 0.5) is 0 Å². The van der Waals surface area contributed by atoms with Crippen LogP contribution in [0.25, 0.3) is 0 Å². The number of carbonyl (C=O) groups excluding carboxylic acids is 1. The molecule has 0 bridgehead atoms. The lowest BCUT2D eigenvalue weighted by Gasteiger charge is -2.26. The third-order valence-electron chi connectivity index (χ3n) is 5.33. The van der Waals surface area contributed by atoms with Crippen LogP contribution in [-0.4, -0.2) is 37.0 Å². The topological polar surface area (TPSA) is 32.3 Å². The average molecular weight is 439 g/mol. The van der Waals surface area contributed by atoms with Gasteiger partial charge in [-0.25, -0.2) is 0 Å². The SMILES string of the molecule is CC/C=C/C/C=C/C/C=C/C/C=C/C/C=C/C/C=C/CCC(=O)NCCN1CCCCC1. The summed E-state index contributed by atoms with van der Waals surface area (Å²) >= 11 is 0. The van der Waals surface area contributed by atoms with E-state index < -0.39 is 0 Å². The molecule has 0 aromatic rings. The van der Waals surface area contributed by atoms with Crippen molar-refractivity contribution >= 4 is 5.91 Å². The molecule has 0 aromatic heterocycles. The summed E-state index contributed by atoms with van der Waals surface area (Å²) in [6.07, 6.45) is 37.8. The Kier molecular flexibility index (Phi) is 19.3. The summed E-state index contributed by atoms with van der Waals surface area (Å²) in [5.74, 6) is 0.168. The Morgan fingerprint density at radius 2 is 1.16 bits per heavy atom. The van der Waals surface area contributed by atoms with E-state index in [1.807, 2.05) is 0 Å². The molecule has 3 nitrogen and oxygen atoms in total. The Morgan fingerprint density at radius 3 is 1.66 bits per heavy atom. The largest absolute Gasteiger partial charge is 0.355 e. The smallest absolute Gasteiger partial charge is 0.220 e. The van der Waals surface area contributed by atoms with E-state index in [1.54, 1.807) is 0 Å². The molecule has 1 rings (SSSR count). The molecule has 178 valence electrons. The van der Waals surface area contributed by atoms with E-state index in [4.69, 9.17) is 0 Å². The van der Waals surface area contributed by atoms with Crippen molar-refractivity contribution in [2.45, 2.75) is 77.6 Å². The molecule has 0 atom stereocenters. The van der Waals surface area contributed by atoms with Gasteiger partial charge in [-0.05, 0) is 70.9 Å². The van der Waals surface area contributed by atoms with E-state index in [0.717, 1.165) is 58.0 Å². The number of nitrogens with zero attached hydrogens (tertiary/aromatic N) is 1. The molecule has 1 N–H and O–H groups in total. The highest BCUT2D eigenvalue weighted by molar-refractivity contribution is 5.75. The highest BCUT2D eigenvalue weighted by atomic mass is 16.1. The molecule has 0 saturated carbocycles. The maximum Gasteiger partial charge on any atom is 0.220 e. The zero-order valence-electron chi connectivity index (χ0n) is 20.4. The number of rotatable bonds is 17. The third kappa shape index (κ3) is 18.6. The first-order valence-electron chi connectivity index (χ1n) is 12.7. The first-order valence-corrected chi connectivity index (χ1v) is 12.7. The van der Waals surface area contributed by atoms with Crippen LogP contribution >= 0.6 is 0 Å². The summed E-state index contributed by atoms with van der Waals surface area (Å²) in [5.41, 5.74) is 0. The van der Waals surface area contributed by atoms with Crippen LogP contribution in [0.3, 0.4) is 0 Å². The van der Waals surface area contributed by atoms with Gasteiger partial charge < -0.3 is 10.2 Å². The van der Waals surface area contributed by atoms with Gasteiger partial charge in [0.2, 0.25) is 5.91 Å². The number of hydrogen-bond acceptors (Lipinski definition) is 2. The third-order valence-corrected chi connectivity index (χ3v) is 5.33. The van der Waals surface area contributed by atoms with Gasteiger partial charge in [0.1, 0.15) is 0 Å². The Balaban J connectivity index is 1.92. The molecule has 1 aliphatic heterocycles. The predicted molar refractivity (Wildman–Crippen MR) is 141 cm³/mol. The van der Waals surface area contributed by atoms with E-state index in [9.17, 15) is 4.79 Å². The second-order valence-electron chi connectivity index (χ2n) is 8.21. The lowest BCUT2D eigenvalue weighted by molar-refractivity contribution is -0.121. The van der Waals surface area contributed by atoms with Gasteiger partial charge in [-0.1, -0.05) is 86.3 Å². The van der Waals surface area contributed by atoms with Crippen molar-refractivity contribution in [3.63, 3.8) is 0 Å². The molecule has 1 fully saturated rings. The van der Waals surface area contributed by atoms with E-state index in [0.29, 0.717) is 6.42 Å². The summed E-state index contributed by atoms with van der Waals surface area (Å²) in [6.45, 7) is 6.31. The van der Waals surface area contributed by atoms with Gasteiger partial charge in [-0.3, -0.25) is 4.79 Å². The number of allylic oxidation sites excluding steroid dienone is 12. The molecule has 1 saturated heterocycles. The van der Waals surface area contributed by atoms with Crippen molar-refractivity contribution in [2.75, 3.05) is 26.2 Å². The summed E-state index contributed by atoms with van der Waals surface area (Å²) in [5, 5.41) is 3.04. The van der Waals surface area contributed by atoms with Gasteiger partial charge in [0.05, 0.1) is 0 Å². The molecule has 0 unspecified atom stereocenters. The average Bonchev–Trinajstić information content (AvgIpc) is 2.81. The fraction of sp³-hybridized carbons (Fsp3) is 0.552. The molecule has 1 aliphatic rings. The van der Waals surface area contributed by atoms with Crippen LogP contribution in [0, 0.1) is 0 Å². The highest BCUT2D eigenvalue weighted by Crippen LogP contribution is 2.07. The van der Waals surface area contributed by atoms with Crippen molar-refractivity contribution in [3.8, 4) is 0 Å². The number of carbonyl (C=O) groups is 1. The first kappa shape index (κ1) is 27.9. The molecule has 1 amide bonds. The molecular weight excluding hydrogens is 392 g/mol. The molecule has 0 spiro atoms. The highest BCUT2D eigenvalue weighted by Gasteiger charge is 2.09. The Bertz CT molecular complexity index is 619. The minimum absolute atomic E-state index is 0.168. The van der Waals surface area contributed by atoms with E-state index in [2.05, 4.69) is 90.1 Å². The first-order chi connectivity index (χ1) is 15.8. The fourth-order valence-electron chi connectivity index (χ4n) is 3.48. The second-order valence-corrected chi connectivity index (χ2v) is 8.21. The Hall–Kier alpha value is -2.13. The number of amides is 1. The van der Waals surface area contributed by atoms with Gasteiger partial charge in [0.15, 0.2) is 0 Å². The molecule has 32 heavy (non-hydrogen) atoms. The van der Waals surface area contributed by atoms with Crippen molar-refractivity contribution in [3.05, 3.63) is 72.9 Å². The number of nitrogens with one attached hydrogen (secondary N) is 1. The van der Waals surface area contributed by atoms with Crippen LogP contribution in [0.1, 0.15) is 77.6 Å². The monoisotopic (exact) mass is 438 g/mol. The van der Waals surface area contributed by atoms with Crippen LogP contribution in [-0.2, 0) is 4.79 Å². The standard InChI is InChI=1S/C29H46N2O/c1-2-3-4-5-6-7-8-9-10-11-12-13-14-15-16-17-18-19-21-24-29(32)30-25-28-31-26-22-20-23-27-31/h3-4,6-7,9-10,12-13,15-16,18-19H,2,5,8,11,14,17,20-28H2,1H3,(H,30,32)/b4-3+,7-6+,10-9+,13-12+,16-15+,19-18+. The van der Waals surface area contributed by atoms with E-state index >= 15 is 0 Å². The van der Waals surface area contributed by atoms with Crippen LogP contribution < -0.4 is 5.32 Å². The second kappa shape index (κ2) is 22.1. The van der Waals surface area contributed by atoms with E-state index in [-0.39, 0.29) is 5.91 Å². The van der Waals surface area contributed by atoms with Crippen molar-refractivity contribution in [2.24, 2.45) is 0 Å². The fourth-order valence-corrected chi connectivity index (χ4v) is 3.48. The predicted octanol–water partition coefficient (Wildman–Crippen LogP) is 7.07. The van der Waals surface area contributed by atoms with Gasteiger partial charge in [0, 0.05) is 19.5 Å². The summed E-state index contributed by atoms with van der Waals surface area (Å²) in [6, 6.07) is 0. The lowest BCUT2D eigenvalue weighted by Crippen LogP contribution is -2.37. The van der Waals surface area contributed by atoms with Gasteiger partial charge >= 0.3 is 0 Å². The van der Waals surface area contributed by atoms with Crippen molar-refractivity contribution in [1.82, 2.24) is 10.2 Å². The maximum absolute atomic E-state index is 11.9. The Labute approximate surface area is 197 Å². The lowest BCUT2D eigenvalue weighted by atomic mass is 10.1. The number of hydrogen-bond donors (Lipinski definition) is 1. The molecule has 0 aromatic carbocycles. The van der Waals surface area contributed by atoms with Gasteiger partial charge in [-0.15, -0.1) is 0 Å². The zero-order valence-corrected chi connectivity index (χ0v) is 20.4. The van der Waals surface area contributed by atoms with Crippen LogP contribution in [0.15, 0.2) is 72.9 Å². The molecule has 1 heterocycles. The molecule has 3 heteroatoms. The number of piperidine rings is 1. The van der Waals surface area contributed by atoms with Crippen molar-refractivity contribution in [1.29, 1.82) is 0 Å².